The lowest BCUT2D eigenvalue weighted by Crippen LogP contribution is -2.07. The first-order valence-corrected chi connectivity index (χ1v) is 6.08. The van der Waals surface area contributed by atoms with E-state index < -0.39 is 5.97 Å². The van der Waals surface area contributed by atoms with Crippen LogP contribution >= 0.6 is 27.5 Å². The maximum absolute atomic E-state index is 11.4. The van der Waals surface area contributed by atoms with Crippen molar-refractivity contribution in [2.75, 3.05) is 12.8 Å². The van der Waals surface area contributed by atoms with Crippen molar-refractivity contribution in [1.29, 1.82) is 0 Å². The molecule has 1 heterocycles. The number of rotatable bonds is 2. The molecule has 2 aromatic rings. The average Bonchev–Trinajstić information content (AvgIpc) is 2.74. The van der Waals surface area contributed by atoms with Crippen molar-refractivity contribution < 1.29 is 9.53 Å². The van der Waals surface area contributed by atoms with Gasteiger partial charge in [-0.2, -0.15) is 0 Å². The maximum Gasteiger partial charge on any atom is 0.360 e. The van der Waals surface area contributed by atoms with Crippen LogP contribution in [0.4, 0.5) is 5.82 Å². The number of hydrogen-bond acceptors (Lipinski definition) is 4. The zero-order valence-corrected chi connectivity index (χ0v) is 11.7. The molecule has 0 aliphatic rings. The minimum Gasteiger partial charge on any atom is -0.464 e. The molecule has 0 spiro atoms. The lowest BCUT2D eigenvalue weighted by atomic mass is 10.3. The molecule has 18 heavy (non-hydrogen) atoms. The Balaban J connectivity index is 2.48. The summed E-state index contributed by atoms with van der Waals surface area (Å²) in [6.45, 7) is 0. The number of nitrogens with zero attached hydrogens (tertiary/aromatic N) is 2. The average molecular weight is 331 g/mol. The number of halogens is 2. The zero-order chi connectivity index (χ0) is 13.3. The number of nitrogen functional groups attached to an aromatic ring is 1. The molecule has 1 aromatic heterocycles. The number of hydrogen-bond donors (Lipinski definition) is 1. The highest BCUT2D eigenvalue weighted by atomic mass is 79.9. The van der Waals surface area contributed by atoms with Gasteiger partial charge in [0, 0.05) is 10.2 Å². The van der Waals surface area contributed by atoms with E-state index in [1.165, 1.54) is 13.4 Å². The molecule has 2 N–H and O–H groups in total. The highest BCUT2D eigenvalue weighted by Gasteiger charge is 2.17. The molecule has 0 saturated carbocycles. The van der Waals surface area contributed by atoms with Gasteiger partial charge in [-0.15, -0.1) is 0 Å². The number of carbonyl (C=O) groups excluding carboxylic acids is 1. The summed E-state index contributed by atoms with van der Waals surface area (Å²) >= 11 is 9.23. The molecule has 0 saturated heterocycles. The van der Waals surface area contributed by atoms with Crippen LogP contribution in [0.2, 0.25) is 5.02 Å². The van der Waals surface area contributed by atoms with Crippen molar-refractivity contribution >= 4 is 39.3 Å². The van der Waals surface area contributed by atoms with Gasteiger partial charge in [0.05, 0.1) is 12.1 Å². The van der Waals surface area contributed by atoms with E-state index in [2.05, 4.69) is 25.7 Å². The molecule has 0 bridgehead atoms. The van der Waals surface area contributed by atoms with Crippen LogP contribution in [0.5, 0.6) is 0 Å². The predicted octanol–water partition coefficient (Wildman–Crippen LogP) is 2.66. The first kappa shape index (κ1) is 12.9. The Bertz CT molecular complexity index is 612. The number of imidazole rings is 1. The van der Waals surface area contributed by atoms with Crippen molar-refractivity contribution in [1.82, 2.24) is 9.55 Å². The van der Waals surface area contributed by atoms with Crippen LogP contribution in [0, 0.1) is 0 Å². The van der Waals surface area contributed by atoms with Crippen molar-refractivity contribution in [2.45, 2.75) is 0 Å². The number of methoxy groups -OCH3 is 1. The van der Waals surface area contributed by atoms with Gasteiger partial charge in [-0.1, -0.05) is 11.6 Å². The fraction of sp³-hybridized carbons (Fsp3) is 0.0909. The number of carbonyl (C=O) groups is 1. The highest BCUT2D eigenvalue weighted by Crippen LogP contribution is 2.26. The Morgan fingerprint density at radius 1 is 1.56 bits per heavy atom. The number of nitrogens with two attached hydrogens (primary N) is 1. The Labute approximate surface area is 117 Å². The van der Waals surface area contributed by atoms with E-state index in [-0.39, 0.29) is 11.5 Å². The lowest BCUT2D eigenvalue weighted by Gasteiger charge is -2.06. The molecule has 94 valence electrons. The van der Waals surface area contributed by atoms with Gasteiger partial charge in [-0.3, -0.25) is 4.57 Å². The molecule has 0 radical (unpaired) electrons. The predicted molar refractivity (Wildman–Crippen MR) is 72.0 cm³/mol. The van der Waals surface area contributed by atoms with E-state index in [0.717, 1.165) is 10.2 Å². The van der Waals surface area contributed by atoms with Gasteiger partial charge in [0.1, 0.15) is 12.1 Å². The lowest BCUT2D eigenvalue weighted by molar-refractivity contribution is 0.0596. The van der Waals surface area contributed by atoms with Gasteiger partial charge in [0.2, 0.25) is 0 Å². The minimum atomic E-state index is -0.570. The first-order chi connectivity index (χ1) is 8.54. The number of esters is 1. The molecular weight excluding hydrogens is 321 g/mol. The van der Waals surface area contributed by atoms with Crippen LogP contribution in [-0.4, -0.2) is 22.6 Å². The summed E-state index contributed by atoms with van der Waals surface area (Å²) in [5.41, 5.74) is 6.68. The molecule has 1 aromatic carbocycles. The van der Waals surface area contributed by atoms with E-state index in [9.17, 15) is 4.79 Å². The third-order valence-electron chi connectivity index (χ3n) is 2.36. The second-order valence-electron chi connectivity index (χ2n) is 3.44. The van der Waals surface area contributed by atoms with Gasteiger partial charge in [0.25, 0.3) is 0 Å². The number of anilines is 1. The van der Waals surface area contributed by atoms with Crippen molar-refractivity contribution in [3.63, 3.8) is 0 Å². The smallest absolute Gasteiger partial charge is 0.360 e. The third kappa shape index (κ3) is 2.21. The summed E-state index contributed by atoms with van der Waals surface area (Å²) in [7, 11) is 1.28. The third-order valence-corrected chi connectivity index (χ3v) is 3.58. The summed E-state index contributed by atoms with van der Waals surface area (Å²) in [4.78, 5) is 15.3. The topological polar surface area (TPSA) is 70.1 Å². The van der Waals surface area contributed by atoms with Crippen LogP contribution in [0.1, 0.15) is 10.5 Å². The van der Waals surface area contributed by atoms with E-state index in [1.807, 2.05) is 0 Å². The highest BCUT2D eigenvalue weighted by molar-refractivity contribution is 9.10. The molecule has 5 nitrogen and oxygen atoms in total. The van der Waals surface area contributed by atoms with Crippen LogP contribution in [0.3, 0.4) is 0 Å². The monoisotopic (exact) mass is 329 g/mol. The molecular formula is C11H9BrClN3O2. The Morgan fingerprint density at radius 2 is 2.28 bits per heavy atom. The Morgan fingerprint density at radius 3 is 2.89 bits per heavy atom. The van der Waals surface area contributed by atoms with E-state index >= 15 is 0 Å². The summed E-state index contributed by atoms with van der Waals surface area (Å²) < 4.78 is 6.89. The summed E-state index contributed by atoms with van der Waals surface area (Å²) in [6.07, 6.45) is 1.46. The van der Waals surface area contributed by atoms with Crippen molar-refractivity contribution in [3.8, 4) is 5.69 Å². The molecule has 2 rings (SSSR count). The molecule has 0 fully saturated rings. The van der Waals surface area contributed by atoms with Crippen molar-refractivity contribution in [3.05, 3.63) is 39.7 Å². The molecule has 0 unspecified atom stereocenters. The van der Waals surface area contributed by atoms with Gasteiger partial charge < -0.3 is 10.5 Å². The molecule has 0 atom stereocenters. The first-order valence-electron chi connectivity index (χ1n) is 4.91. The number of aromatic nitrogens is 2. The van der Waals surface area contributed by atoms with Gasteiger partial charge >= 0.3 is 5.97 Å². The Hall–Kier alpha value is -1.53. The summed E-state index contributed by atoms with van der Waals surface area (Å²) in [6, 6.07) is 5.27. The minimum absolute atomic E-state index is 0.0866. The fourth-order valence-corrected chi connectivity index (χ4v) is 1.94. The van der Waals surface area contributed by atoms with Crippen LogP contribution in [0.15, 0.2) is 29.0 Å². The van der Waals surface area contributed by atoms with Crippen LogP contribution in [0.25, 0.3) is 5.69 Å². The van der Waals surface area contributed by atoms with Gasteiger partial charge in [-0.05, 0) is 34.1 Å². The largest absolute Gasteiger partial charge is 0.464 e. The van der Waals surface area contributed by atoms with Gasteiger partial charge in [0.15, 0.2) is 5.69 Å². The second-order valence-corrected chi connectivity index (χ2v) is 4.70. The summed E-state index contributed by atoms with van der Waals surface area (Å²) in [5, 5.41) is 0.589. The summed E-state index contributed by atoms with van der Waals surface area (Å²) in [5.74, 6) is -0.352. The molecule has 0 aliphatic heterocycles. The molecule has 0 amide bonds. The normalized spacial score (nSPS) is 10.4. The zero-order valence-electron chi connectivity index (χ0n) is 9.35. The van der Waals surface area contributed by atoms with E-state index in [4.69, 9.17) is 17.3 Å². The van der Waals surface area contributed by atoms with Gasteiger partial charge in [-0.25, -0.2) is 9.78 Å². The van der Waals surface area contributed by atoms with Crippen LogP contribution in [-0.2, 0) is 4.74 Å². The number of ether oxygens (including phenoxy) is 1. The molecule has 7 heteroatoms. The van der Waals surface area contributed by atoms with Crippen molar-refractivity contribution in [2.24, 2.45) is 0 Å². The van der Waals surface area contributed by atoms with E-state index in [0.29, 0.717) is 5.02 Å². The quantitative estimate of drug-likeness (QED) is 0.859. The Kier molecular flexibility index (Phi) is 3.58. The second kappa shape index (κ2) is 4.99. The number of benzene rings is 1. The van der Waals surface area contributed by atoms with Crippen LogP contribution < -0.4 is 5.73 Å². The fourth-order valence-electron chi connectivity index (χ4n) is 1.45. The van der Waals surface area contributed by atoms with E-state index in [1.54, 1.807) is 22.8 Å². The maximum atomic E-state index is 11.4. The SMILES string of the molecule is COC(=O)c1ncn(-c2ccc(Cl)c(Br)c2)c1N. The standard InChI is InChI=1S/C11H9BrClN3O2/c1-18-11(17)9-10(14)16(5-15-9)6-2-3-8(13)7(12)4-6/h2-5H,14H2,1H3. The molecule has 0 aliphatic carbocycles.